The van der Waals surface area contributed by atoms with Crippen molar-refractivity contribution >= 4 is 34.9 Å². The summed E-state index contributed by atoms with van der Waals surface area (Å²) in [7, 11) is 0. The van der Waals surface area contributed by atoms with Crippen LogP contribution in [0, 0.1) is 6.92 Å². The number of aryl methyl sites for hydroxylation is 1. The monoisotopic (exact) mass is 525 g/mol. The fourth-order valence-corrected chi connectivity index (χ4v) is 5.04. The number of carboxylic acid groups (broad SMARTS) is 1. The number of aromatic nitrogens is 2. The fourth-order valence-electron chi connectivity index (χ4n) is 4.71. The number of thiocarbonyl (C=S) groups is 1. The van der Waals surface area contributed by atoms with Crippen LogP contribution in [0.3, 0.4) is 0 Å². The molecule has 0 unspecified atom stereocenters. The van der Waals surface area contributed by atoms with Crippen molar-refractivity contribution in [1.29, 1.82) is 0 Å². The molecule has 9 heteroatoms. The third-order valence-electron chi connectivity index (χ3n) is 6.57. The summed E-state index contributed by atoms with van der Waals surface area (Å²) < 4.78 is 1.96. The molecule has 3 heterocycles. The van der Waals surface area contributed by atoms with Crippen LogP contribution in [0.25, 0.3) is 5.69 Å². The lowest BCUT2D eigenvalue weighted by Crippen LogP contribution is -2.33. The van der Waals surface area contributed by atoms with Crippen molar-refractivity contribution in [3.8, 4) is 5.69 Å². The standard InChI is InChI=1S/C29H27N5O3S/c1-19-10-12-21(13-11-19)31-25(35)14-17-34-27(26(32-29(34)38)23-8-2-3-15-30-23)24-9-5-16-33(24)22-7-4-6-20(18-22)28(36)37/h2-13,15-16,18,26-27H,14,17H2,1H3,(H,31,35)(H,32,38)(H,36,37)/t26-,27-/m1/s1. The average molecular weight is 526 g/mol. The first kappa shape index (κ1) is 25.2. The molecule has 192 valence electrons. The molecule has 0 aliphatic carbocycles. The Morgan fingerprint density at radius 3 is 2.61 bits per heavy atom. The van der Waals surface area contributed by atoms with Crippen molar-refractivity contribution in [2.45, 2.75) is 25.4 Å². The van der Waals surface area contributed by atoms with E-state index >= 15 is 0 Å². The molecule has 5 rings (SSSR count). The maximum Gasteiger partial charge on any atom is 0.335 e. The fraction of sp³-hybridized carbons (Fsp3) is 0.172. The Kier molecular flexibility index (Phi) is 7.19. The van der Waals surface area contributed by atoms with Gasteiger partial charge >= 0.3 is 5.97 Å². The Hall–Kier alpha value is -4.50. The third-order valence-corrected chi connectivity index (χ3v) is 6.92. The third kappa shape index (κ3) is 5.28. The van der Waals surface area contributed by atoms with Gasteiger partial charge in [-0.15, -0.1) is 0 Å². The number of anilines is 1. The minimum absolute atomic E-state index is 0.110. The average Bonchev–Trinajstić information content (AvgIpc) is 3.53. The largest absolute Gasteiger partial charge is 0.478 e. The van der Waals surface area contributed by atoms with Crippen molar-refractivity contribution in [2.75, 3.05) is 11.9 Å². The zero-order valence-electron chi connectivity index (χ0n) is 20.7. The van der Waals surface area contributed by atoms with Gasteiger partial charge in [-0.2, -0.15) is 0 Å². The Morgan fingerprint density at radius 1 is 1.05 bits per heavy atom. The molecule has 3 N–H and O–H groups in total. The van der Waals surface area contributed by atoms with Crippen molar-refractivity contribution in [3.05, 3.63) is 114 Å². The summed E-state index contributed by atoms with van der Waals surface area (Å²) >= 11 is 5.75. The van der Waals surface area contributed by atoms with Gasteiger partial charge in [0.25, 0.3) is 0 Å². The first-order chi connectivity index (χ1) is 18.4. The summed E-state index contributed by atoms with van der Waals surface area (Å²) in [5.41, 5.74) is 4.51. The number of amides is 1. The molecule has 1 aliphatic heterocycles. The van der Waals surface area contributed by atoms with Gasteiger partial charge in [0.2, 0.25) is 5.91 Å². The van der Waals surface area contributed by atoms with E-state index in [0.29, 0.717) is 11.7 Å². The van der Waals surface area contributed by atoms with Crippen LogP contribution in [0.4, 0.5) is 5.69 Å². The lowest BCUT2D eigenvalue weighted by molar-refractivity contribution is -0.116. The number of benzene rings is 2. The predicted molar refractivity (Wildman–Crippen MR) is 149 cm³/mol. The van der Waals surface area contributed by atoms with Gasteiger partial charge in [0.15, 0.2) is 5.11 Å². The topological polar surface area (TPSA) is 99.5 Å². The van der Waals surface area contributed by atoms with Crippen molar-refractivity contribution in [2.24, 2.45) is 0 Å². The molecule has 4 aromatic rings. The highest BCUT2D eigenvalue weighted by Crippen LogP contribution is 2.39. The van der Waals surface area contributed by atoms with Crippen molar-refractivity contribution in [1.82, 2.24) is 19.8 Å². The molecular formula is C29H27N5O3S. The van der Waals surface area contributed by atoms with Crippen molar-refractivity contribution in [3.63, 3.8) is 0 Å². The first-order valence-corrected chi connectivity index (χ1v) is 12.7. The Balaban J connectivity index is 1.45. The molecule has 0 bridgehead atoms. The van der Waals surface area contributed by atoms with Crippen LogP contribution in [0.15, 0.2) is 91.3 Å². The van der Waals surface area contributed by atoms with E-state index < -0.39 is 5.97 Å². The molecule has 2 aromatic carbocycles. The van der Waals surface area contributed by atoms with E-state index in [0.717, 1.165) is 28.3 Å². The molecule has 0 spiro atoms. The van der Waals surface area contributed by atoms with E-state index in [2.05, 4.69) is 15.6 Å². The van der Waals surface area contributed by atoms with Gasteiger partial charge < -0.3 is 25.2 Å². The van der Waals surface area contributed by atoms with Crippen LogP contribution >= 0.6 is 12.2 Å². The molecule has 1 fully saturated rings. The number of pyridine rings is 1. The second kappa shape index (κ2) is 10.9. The van der Waals surface area contributed by atoms with Crippen LogP contribution < -0.4 is 10.6 Å². The van der Waals surface area contributed by atoms with E-state index in [-0.39, 0.29) is 30.0 Å². The van der Waals surface area contributed by atoms with E-state index in [1.54, 1.807) is 24.4 Å². The van der Waals surface area contributed by atoms with E-state index in [9.17, 15) is 14.7 Å². The van der Waals surface area contributed by atoms with Crippen LogP contribution in [0.5, 0.6) is 0 Å². The number of nitrogens with one attached hydrogen (secondary N) is 2. The van der Waals surface area contributed by atoms with Gasteiger partial charge in [0.05, 0.1) is 23.3 Å². The zero-order chi connectivity index (χ0) is 26.6. The van der Waals surface area contributed by atoms with Gasteiger partial charge in [-0.05, 0) is 73.7 Å². The minimum Gasteiger partial charge on any atom is -0.478 e. The summed E-state index contributed by atoms with van der Waals surface area (Å²) in [6.07, 6.45) is 3.87. The molecule has 1 aliphatic rings. The number of carboxylic acids is 1. The van der Waals surface area contributed by atoms with Gasteiger partial charge in [0, 0.05) is 42.4 Å². The Bertz CT molecular complexity index is 1470. The molecule has 0 radical (unpaired) electrons. The number of hydrogen-bond donors (Lipinski definition) is 3. The van der Waals surface area contributed by atoms with E-state index in [4.69, 9.17) is 12.2 Å². The Labute approximate surface area is 225 Å². The number of nitrogens with zero attached hydrogens (tertiary/aromatic N) is 3. The minimum atomic E-state index is -0.989. The van der Waals surface area contributed by atoms with Gasteiger partial charge in [-0.1, -0.05) is 29.8 Å². The number of carbonyl (C=O) groups excluding carboxylic acids is 1. The summed E-state index contributed by atoms with van der Waals surface area (Å²) in [6, 6.07) is 23.6. The van der Waals surface area contributed by atoms with Crippen LogP contribution in [0.1, 0.15) is 45.8 Å². The normalized spacial score (nSPS) is 16.8. The second-order valence-electron chi connectivity index (χ2n) is 9.14. The first-order valence-electron chi connectivity index (χ1n) is 12.3. The number of rotatable bonds is 8. The molecule has 2 atom stereocenters. The van der Waals surface area contributed by atoms with Crippen LogP contribution in [0.2, 0.25) is 0 Å². The number of carbonyl (C=O) groups is 2. The molecular weight excluding hydrogens is 498 g/mol. The summed E-state index contributed by atoms with van der Waals surface area (Å²) in [5, 5.41) is 16.4. The highest BCUT2D eigenvalue weighted by molar-refractivity contribution is 7.80. The quantitative estimate of drug-likeness (QED) is 0.282. The van der Waals surface area contributed by atoms with Crippen molar-refractivity contribution < 1.29 is 14.7 Å². The van der Waals surface area contributed by atoms with Gasteiger partial charge in [-0.3, -0.25) is 9.78 Å². The van der Waals surface area contributed by atoms with Gasteiger partial charge in [0.1, 0.15) is 0 Å². The van der Waals surface area contributed by atoms with E-state index in [1.807, 2.05) is 83.3 Å². The molecule has 2 aromatic heterocycles. The SMILES string of the molecule is Cc1ccc(NC(=O)CCN2C(=S)N[C@H](c3ccccn3)[C@H]2c2cccn2-c2cccc(C(=O)O)c2)cc1. The van der Waals surface area contributed by atoms with Crippen LogP contribution in [-0.4, -0.2) is 43.1 Å². The highest BCUT2D eigenvalue weighted by atomic mass is 32.1. The molecule has 1 saturated heterocycles. The lowest BCUT2D eigenvalue weighted by Gasteiger charge is -2.29. The maximum absolute atomic E-state index is 12.8. The number of hydrogen-bond acceptors (Lipinski definition) is 4. The predicted octanol–water partition coefficient (Wildman–Crippen LogP) is 4.88. The molecule has 38 heavy (non-hydrogen) atoms. The summed E-state index contributed by atoms with van der Waals surface area (Å²) in [5.74, 6) is -1.10. The smallest absolute Gasteiger partial charge is 0.335 e. The zero-order valence-corrected chi connectivity index (χ0v) is 21.6. The summed E-state index contributed by atoms with van der Waals surface area (Å²) in [4.78, 5) is 31.0. The van der Waals surface area contributed by atoms with Gasteiger partial charge in [-0.25, -0.2) is 4.79 Å². The molecule has 8 nitrogen and oxygen atoms in total. The second-order valence-corrected chi connectivity index (χ2v) is 9.53. The number of aromatic carboxylic acids is 1. The Morgan fingerprint density at radius 2 is 1.87 bits per heavy atom. The molecule has 0 saturated carbocycles. The summed E-state index contributed by atoms with van der Waals surface area (Å²) in [6.45, 7) is 2.39. The maximum atomic E-state index is 12.8. The lowest BCUT2D eigenvalue weighted by atomic mass is 10.0. The van der Waals surface area contributed by atoms with E-state index in [1.165, 1.54) is 0 Å². The highest BCUT2D eigenvalue weighted by Gasteiger charge is 2.41. The van der Waals surface area contributed by atoms with Crippen LogP contribution in [-0.2, 0) is 4.79 Å². The molecule has 1 amide bonds.